The molecule has 1 heterocycles. The first kappa shape index (κ1) is 25.9. The van der Waals surface area contributed by atoms with Crippen molar-refractivity contribution in [2.24, 2.45) is 0 Å². The molecule has 0 saturated heterocycles. The van der Waals surface area contributed by atoms with Crippen LogP contribution in [0.15, 0.2) is 176 Å². The summed E-state index contributed by atoms with van der Waals surface area (Å²) in [6.45, 7) is 0. The van der Waals surface area contributed by atoms with E-state index in [2.05, 4.69) is 170 Å². The second kappa shape index (κ2) is 11.1. The molecule has 0 amide bonds. The summed E-state index contributed by atoms with van der Waals surface area (Å²) in [5.74, 6) is 0. The van der Waals surface area contributed by atoms with Crippen molar-refractivity contribution in [2.45, 2.75) is 0 Å². The second-order valence-corrected chi connectivity index (χ2v) is 11.2. The van der Waals surface area contributed by atoms with E-state index < -0.39 is 0 Å². The minimum absolute atomic E-state index is 1.01. The van der Waals surface area contributed by atoms with Gasteiger partial charge in [-0.1, -0.05) is 152 Å². The Morgan fingerprint density at radius 2 is 0.841 bits per heavy atom. The molecule has 8 aromatic rings. The third-order valence-electron chi connectivity index (χ3n) is 8.53. The Hall–Kier alpha value is -5.79. The van der Waals surface area contributed by atoms with Crippen LogP contribution in [0.5, 0.6) is 0 Å². The summed E-state index contributed by atoms with van der Waals surface area (Å²) < 4.78 is 0. The van der Waals surface area contributed by atoms with Crippen molar-refractivity contribution in [3.05, 3.63) is 176 Å². The number of aromatic nitrogens is 1. The number of fused-ring (bicyclic) bond motifs is 2. The van der Waals surface area contributed by atoms with Crippen molar-refractivity contribution in [3.8, 4) is 55.8 Å². The molecule has 0 spiro atoms. The summed E-state index contributed by atoms with van der Waals surface area (Å²) in [6, 6.07) is 60.9. The predicted molar refractivity (Wildman–Crippen MR) is 186 cm³/mol. The first-order valence-corrected chi connectivity index (χ1v) is 15.0. The van der Waals surface area contributed by atoms with Crippen LogP contribution in [-0.4, -0.2) is 4.98 Å². The van der Waals surface area contributed by atoms with Crippen LogP contribution in [0.2, 0.25) is 0 Å². The highest BCUT2D eigenvalue weighted by molar-refractivity contribution is 6.12. The summed E-state index contributed by atoms with van der Waals surface area (Å²) in [5, 5.41) is 4.89. The van der Waals surface area contributed by atoms with Crippen LogP contribution in [0.1, 0.15) is 0 Å². The van der Waals surface area contributed by atoms with Gasteiger partial charge in [-0.25, -0.2) is 0 Å². The van der Waals surface area contributed by atoms with E-state index >= 15 is 0 Å². The van der Waals surface area contributed by atoms with Crippen molar-refractivity contribution in [1.29, 1.82) is 0 Å². The molecule has 1 nitrogen and oxygen atoms in total. The van der Waals surface area contributed by atoms with Gasteiger partial charge >= 0.3 is 0 Å². The van der Waals surface area contributed by atoms with Gasteiger partial charge < -0.3 is 0 Å². The van der Waals surface area contributed by atoms with Crippen LogP contribution in [-0.2, 0) is 0 Å². The van der Waals surface area contributed by atoms with Gasteiger partial charge in [0.1, 0.15) is 0 Å². The van der Waals surface area contributed by atoms with Crippen LogP contribution in [0.4, 0.5) is 0 Å². The van der Waals surface area contributed by atoms with Crippen molar-refractivity contribution in [1.82, 2.24) is 4.98 Å². The van der Waals surface area contributed by atoms with Gasteiger partial charge in [0.15, 0.2) is 0 Å². The molecule has 44 heavy (non-hydrogen) atoms. The van der Waals surface area contributed by atoms with E-state index in [-0.39, 0.29) is 0 Å². The lowest BCUT2D eigenvalue weighted by Crippen LogP contribution is -1.90. The third-order valence-corrected chi connectivity index (χ3v) is 8.53. The van der Waals surface area contributed by atoms with E-state index in [0.717, 1.165) is 11.3 Å². The Bertz CT molecular complexity index is 2260. The summed E-state index contributed by atoms with van der Waals surface area (Å²) in [5.41, 5.74) is 11.8. The number of pyridine rings is 1. The Kier molecular flexibility index (Phi) is 6.55. The normalized spacial score (nSPS) is 11.2. The number of rotatable bonds is 5. The van der Waals surface area contributed by atoms with E-state index in [4.69, 9.17) is 4.98 Å². The Labute approximate surface area is 257 Å². The average molecular weight is 560 g/mol. The molecule has 206 valence electrons. The van der Waals surface area contributed by atoms with Gasteiger partial charge in [-0.15, -0.1) is 0 Å². The van der Waals surface area contributed by atoms with E-state index in [0.29, 0.717) is 0 Å². The fraction of sp³-hybridized carbons (Fsp3) is 0. The van der Waals surface area contributed by atoms with E-state index in [1.165, 1.54) is 66.1 Å². The number of benzene rings is 7. The average Bonchev–Trinajstić information content (AvgIpc) is 3.11. The summed E-state index contributed by atoms with van der Waals surface area (Å²) in [7, 11) is 0. The van der Waals surface area contributed by atoms with E-state index in [1.807, 2.05) is 6.20 Å². The minimum Gasteiger partial charge on any atom is -0.256 e. The lowest BCUT2D eigenvalue weighted by atomic mass is 9.87. The topological polar surface area (TPSA) is 12.9 Å². The largest absolute Gasteiger partial charge is 0.256 e. The zero-order valence-electron chi connectivity index (χ0n) is 24.2. The van der Waals surface area contributed by atoms with Gasteiger partial charge in [0, 0.05) is 17.1 Å². The second-order valence-electron chi connectivity index (χ2n) is 11.2. The molecule has 7 aromatic carbocycles. The maximum atomic E-state index is 4.78. The third kappa shape index (κ3) is 4.65. The monoisotopic (exact) mass is 559 g/mol. The lowest BCUT2D eigenvalue weighted by molar-refractivity contribution is 1.36. The molecule has 0 unspecified atom stereocenters. The minimum atomic E-state index is 1.01. The molecule has 0 bridgehead atoms. The van der Waals surface area contributed by atoms with E-state index in [9.17, 15) is 0 Å². The van der Waals surface area contributed by atoms with Crippen LogP contribution < -0.4 is 0 Å². The highest BCUT2D eigenvalue weighted by atomic mass is 14.7. The lowest BCUT2D eigenvalue weighted by Gasteiger charge is -2.17. The Morgan fingerprint density at radius 1 is 0.318 bits per heavy atom. The molecular formula is C43H29N. The molecule has 0 radical (unpaired) electrons. The summed E-state index contributed by atoms with van der Waals surface area (Å²) in [4.78, 5) is 4.78. The fourth-order valence-corrected chi connectivity index (χ4v) is 6.44. The van der Waals surface area contributed by atoms with Crippen LogP contribution >= 0.6 is 0 Å². The Morgan fingerprint density at radius 3 is 1.61 bits per heavy atom. The van der Waals surface area contributed by atoms with Crippen molar-refractivity contribution in [2.75, 3.05) is 0 Å². The van der Waals surface area contributed by atoms with Gasteiger partial charge in [-0.3, -0.25) is 4.98 Å². The molecule has 0 fully saturated rings. The van der Waals surface area contributed by atoms with E-state index in [1.54, 1.807) is 0 Å². The first-order chi connectivity index (χ1) is 21.8. The van der Waals surface area contributed by atoms with Gasteiger partial charge in [-0.05, 0) is 78.9 Å². The summed E-state index contributed by atoms with van der Waals surface area (Å²) >= 11 is 0. The molecule has 8 rings (SSSR count). The zero-order valence-corrected chi connectivity index (χ0v) is 24.2. The molecule has 0 atom stereocenters. The molecule has 0 aliphatic heterocycles. The van der Waals surface area contributed by atoms with Crippen molar-refractivity contribution in [3.63, 3.8) is 0 Å². The SMILES string of the molecule is c1ccc(-c2ccc(-c3ccccc3)c3c(-c4cccc(-c5cccc(-c6nccc7ccccc67)c5)c4)cccc23)cc1. The molecule has 0 N–H and O–H groups in total. The number of hydrogen-bond donors (Lipinski definition) is 0. The smallest absolute Gasteiger partial charge is 0.0780 e. The highest BCUT2D eigenvalue weighted by Crippen LogP contribution is 2.42. The van der Waals surface area contributed by atoms with Gasteiger partial charge in [0.05, 0.1) is 5.69 Å². The van der Waals surface area contributed by atoms with Crippen molar-refractivity contribution < 1.29 is 0 Å². The quantitative estimate of drug-likeness (QED) is 0.204. The number of nitrogens with zero attached hydrogens (tertiary/aromatic N) is 1. The molecule has 0 aliphatic carbocycles. The number of hydrogen-bond acceptors (Lipinski definition) is 1. The Balaban J connectivity index is 1.30. The van der Waals surface area contributed by atoms with Gasteiger partial charge in [-0.2, -0.15) is 0 Å². The molecule has 1 heteroatoms. The predicted octanol–water partition coefficient (Wildman–Crippen LogP) is 11.7. The highest BCUT2D eigenvalue weighted by Gasteiger charge is 2.15. The molecule has 0 aliphatic rings. The van der Waals surface area contributed by atoms with Crippen LogP contribution in [0, 0.1) is 0 Å². The van der Waals surface area contributed by atoms with Gasteiger partial charge in [0.25, 0.3) is 0 Å². The van der Waals surface area contributed by atoms with Crippen LogP contribution in [0.3, 0.4) is 0 Å². The fourth-order valence-electron chi connectivity index (χ4n) is 6.44. The molecule has 0 saturated carbocycles. The first-order valence-electron chi connectivity index (χ1n) is 15.0. The standard InChI is InChI=1S/C43H29N/c1-3-12-30(13-4-1)37-24-25-39(31-14-5-2-6-15-31)42-38(22-11-23-41(37)42)35-19-9-17-33(28-35)34-18-10-20-36(29-34)43-40-21-8-7-16-32(40)26-27-44-43/h1-29H. The van der Waals surface area contributed by atoms with Gasteiger partial charge in [0.2, 0.25) is 0 Å². The maximum Gasteiger partial charge on any atom is 0.0780 e. The maximum absolute atomic E-state index is 4.78. The van der Waals surface area contributed by atoms with Crippen molar-refractivity contribution >= 4 is 21.5 Å². The molecule has 1 aromatic heterocycles. The summed E-state index contributed by atoms with van der Waals surface area (Å²) in [6.07, 6.45) is 1.90. The zero-order chi connectivity index (χ0) is 29.3. The van der Waals surface area contributed by atoms with Crippen LogP contribution in [0.25, 0.3) is 77.3 Å². The molecular weight excluding hydrogens is 530 g/mol.